The van der Waals surface area contributed by atoms with Gasteiger partial charge in [-0.2, -0.15) is 5.10 Å². The van der Waals surface area contributed by atoms with Crippen molar-refractivity contribution in [3.05, 3.63) is 52.2 Å². The lowest BCUT2D eigenvalue weighted by atomic mass is 10.1. The maximum atomic E-state index is 12.1. The van der Waals surface area contributed by atoms with E-state index in [1.807, 2.05) is 38.3 Å². The van der Waals surface area contributed by atoms with Crippen molar-refractivity contribution >= 4 is 34.6 Å². The fraction of sp³-hybridized carbons (Fsp3) is 0.235. The third-order valence-corrected chi connectivity index (χ3v) is 4.12. The Morgan fingerprint density at radius 3 is 2.39 bits per heavy atom. The van der Waals surface area contributed by atoms with Gasteiger partial charge in [0, 0.05) is 22.0 Å². The van der Waals surface area contributed by atoms with Crippen molar-refractivity contribution in [1.29, 1.82) is 0 Å². The third kappa shape index (κ3) is 4.75. The first kappa shape index (κ1) is 16.9. The van der Waals surface area contributed by atoms with E-state index in [1.54, 1.807) is 35.6 Å². The minimum atomic E-state index is -0.289. The zero-order valence-corrected chi connectivity index (χ0v) is 14.1. The van der Waals surface area contributed by atoms with Crippen LogP contribution in [0.1, 0.15) is 36.0 Å². The summed E-state index contributed by atoms with van der Waals surface area (Å²) in [5, 5.41) is 8.83. The van der Waals surface area contributed by atoms with Gasteiger partial charge in [0.2, 0.25) is 5.91 Å². The van der Waals surface area contributed by atoms with Crippen LogP contribution in [0.2, 0.25) is 0 Å². The molecule has 0 saturated heterocycles. The van der Waals surface area contributed by atoms with Gasteiger partial charge in [0.25, 0.3) is 5.91 Å². The van der Waals surface area contributed by atoms with Gasteiger partial charge in [-0.25, -0.2) is 5.43 Å². The molecule has 2 aromatic rings. The van der Waals surface area contributed by atoms with Gasteiger partial charge in [-0.05, 0) is 42.6 Å². The van der Waals surface area contributed by atoms with E-state index in [0.717, 1.165) is 10.6 Å². The molecular formula is C17H19N3O2S. The Morgan fingerprint density at radius 2 is 1.83 bits per heavy atom. The van der Waals surface area contributed by atoms with Crippen LogP contribution in [0.25, 0.3) is 0 Å². The van der Waals surface area contributed by atoms with Crippen LogP contribution in [-0.4, -0.2) is 17.5 Å². The van der Waals surface area contributed by atoms with E-state index in [4.69, 9.17) is 0 Å². The molecule has 2 N–H and O–H groups in total. The predicted molar refractivity (Wildman–Crippen MR) is 93.9 cm³/mol. The highest BCUT2D eigenvalue weighted by atomic mass is 32.1. The first-order valence-corrected chi connectivity index (χ1v) is 8.15. The highest BCUT2D eigenvalue weighted by Gasteiger charge is 2.09. The Balaban J connectivity index is 1.98. The number of benzene rings is 1. The van der Waals surface area contributed by atoms with E-state index in [1.165, 1.54) is 0 Å². The number of hydrogen-bond acceptors (Lipinski definition) is 4. The number of anilines is 1. The van der Waals surface area contributed by atoms with Gasteiger partial charge in [-0.1, -0.05) is 19.9 Å². The van der Waals surface area contributed by atoms with Crippen molar-refractivity contribution < 1.29 is 9.59 Å². The van der Waals surface area contributed by atoms with Crippen LogP contribution in [0.4, 0.5) is 5.69 Å². The number of nitrogens with one attached hydrogen (secondary N) is 2. The number of carbonyl (C=O) groups is 2. The van der Waals surface area contributed by atoms with Gasteiger partial charge >= 0.3 is 0 Å². The summed E-state index contributed by atoms with van der Waals surface area (Å²) in [4.78, 5) is 24.7. The molecule has 0 aliphatic carbocycles. The number of rotatable bonds is 5. The Morgan fingerprint density at radius 1 is 1.13 bits per heavy atom. The van der Waals surface area contributed by atoms with E-state index < -0.39 is 0 Å². The summed E-state index contributed by atoms with van der Waals surface area (Å²) in [5.74, 6) is -0.437. The van der Waals surface area contributed by atoms with Crippen molar-refractivity contribution in [3.8, 4) is 0 Å². The lowest BCUT2D eigenvalue weighted by Crippen LogP contribution is -2.20. The van der Waals surface area contributed by atoms with Crippen molar-refractivity contribution in [2.24, 2.45) is 11.0 Å². The maximum Gasteiger partial charge on any atom is 0.271 e. The highest BCUT2D eigenvalue weighted by Crippen LogP contribution is 2.12. The second kappa shape index (κ2) is 7.69. The fourth-order valence-electron chi connectivity index (χ4n) is 1.73. The van der Waals surface area contributed by atoms with Crippen LogP contribution < -0.4 is 10.7 Å². The zero-order valence-electron chi connectivity index (χ0n) is 13.3. The zero-order chi connectivity index (χ0) is 16.8. The molecule has 1 aromatic carbocycles. The first-order valence-electron chi connectivity index (χ1n) is 7.27. The molecular weight excluding hydrogens is 310 g/mol. The van der Waals surface area contributed by atoms with Crippen molar-refractivity contribution in [1.82, 2.24) is 5.43 Å². The molecule has 0 aliphatic heterocycles. The third-order valence-electron chi connectivity index (χ3n) is 3.14. The van der Waals surface area contributed by atoms with Gasteiger partial charge < -0.3 is 5.32 Å². The molecule has 0 fully saturated rings. The van der Waals surface area contributed by atoms with Crippen molar-refractivity contribution in [3.63, 3.8) is 0 Å². The fourth-order valence-corrected chi connectivity index (χ4v) is 2.41. The Bertz CT molecular complexity index is 704. The van der Waals surface area contributed by atoms with Crippen LogP contribution >= 0.6 is 11.3 Å². The van der Waals surface area contributed by atoms with E-state index >= 15 is 0 Å². The molecule has 2 amide bonds. The minimum absolute atomic E-state index is 0.0571. The number of carbonyl (C=O) groups excluding carboxylic acids is 2. The van der Waals surface area contributed by atoms with Gasteiger partial charge in [0.1, 0.15) is 0 Å². The molecule has 0 aliphatic rings. The van der Waals surface area contributed by atoms with E-state index in [0.29, 0.717) is 11.3 Å². The molecule has 120 valence electrons. The summed E-state index contributed by atoms with van der Waals surface area (Å²) < 4.78 is 0. The predicted octanol–water partition coefficient (Wildman–Crippen LogP) is 3.50. The second-order valence-electron chi connectivity index (χ2n) is 5.34. The molecule has 0 radical (unpaired) electrons. The second-order valence-corrected chi connectivity index (χ2v) is 6.28. The monoisotopic (exact) mass is 329 g/mol. The number of amides is 2. The summed E-state index contributed by atoms with van der Waals surface area (Å²) in [6.07, 6.45) is 0. The highest BCUT2D eigenvalue weighted by molar-refractivity contribution is 7.12. The molecule has 0 saturated carbocycles. The molecule has 1 heterocycles. The number of thiophene rings is 1. The average Bonchev–Trinajstić information content (AvgIpc) is 3.07. The van der Waals surface area contributed by atoms with Crippen molar-refractivity contribution in [2.45, 2.75) is 20.8 Å². The van der Waals surface area contributed by atoms with Crippen LogP contribution in [0.15, 0.2) is 46.9 Å². The topological polar surface area (TPSA) is 70.6 Å². The Kier molecular flexibility index (Phi) is 5.65. The maximum absolute atomic E-state index is 12.1. The Labute approximate surface area is 139 Å². The van der Waals surface area contributed by atoms with E-state index in [-0.39, 0.29) is 17.7 Å². The molecule has 0 bridgehead atoms. The summed E-state index contributed by atoms with van der Waals surface area (Å²) in [6.45, 7) is 5.49. The van der Waals surface area contributed by atoms with Gasteiger partial charge in [0.05, 0.1) is 5.71 Å². The largest absolute Gasteiger partial charge is 0.326 e. The normalized spacial score (nSPS) is 11.4. The summed E-state index contributed by atoms with van der Waals surface area (Å²) in [5.41, 5.74) is 4.44. The first-order chi connectivity index (χ1) is 11.0. The van der Waals surface area contributed by atoms with Gasteiger partial charge in [0.15, 0.2) is 0 Å². The number of hydrazone groups is 1. The quantitative estimate of drug-likeness (QED) is 0.651. The van der Waals surface area contributed by atoms with E-state index in [2.05, 4.69) is 15.8 Å². The molecule has 23 heavy (non-hydrogen) atoms. The molecule has 0 spiro atoms. The number of hydrogen-bond donors (Lipinski definition) is 2. The molecule has 0 unspecified atom stereocenters. The lowest BCUT2D eigenvalue weighted by Gasteiger charge is -2.08. The lowest BCUT2D eigenvalue weighted by molar-refractivity contribution is -0.118. The summed E-state index contributed by atoms with van der Waals surface area (Å²) in [7, 11) is 0. The number of nitrogens with zero attached hydrogens (tertiary/aromatic N) is 1. The average molecular weight is 329 g/mol. The minimum Gasteiger partial charge on any atom is -0.326 e. The Hall–Kier alpha value is -2.47. The van der Waals surface area contributed by atoms with Crippen LogP contribution in [0, 0.1) is 5.92 Å². The summed E-state index contributed by atoms with van der Waals surface area (Å²) in [6, 6.07) is 10.6. The molecule has 6 heteroatoms. The standard InChI is InChI=1S/C17H19N3O2S/c1-11(2)16(21)18-14-8-6-13(7-9-14)17(22)20-19-12(3)15-5-4-10-23-15/h4-11H,1-3H3,(H,18,21)(H,20,22)/b19-12+. The SMILES string of the molecule is C/C(=N\NC(=O)c1ccc(NC(=O)C(C)C)cc1)c1cccs1. The smallest absolute Gasteiger partial charge is 0.271 e. The van der Waals surface area contributed by atoms with Crippen LogP contribution in [0.3, 0.4) is 0 Å². The van der Waals surface area contributed by atoms with Crippen molar-refractivity contribution in [2.75, 3.05) is 5.32 Å². The van der Waals surface area contributed by atoms with Crippen LogP contribution in [0.5, 0.6) is 0 Å². The van der Waals surface area contributed by atoms with E-state index in [9.17, 15) is 9.59 Å². The molecule has 1 aromatic heterocycles. The van der Waals surface area contributed by atoms with Gasteiger partial charge in [-0.15, -0.1) is 11.3 Å². The van der Waals surface area contributed by atoms with Gasteiger partial charge in [-0.3, -0.25) is 9.59 Å². The molecule has 2 rings (SSSR count). The molecule has 0 atom stereocenters. The summed E-state index contributed by atoms with van der Waals surface area (Å²) >= 11 is 1.57. The van der Waals surface area contributed by atoms with Crippen LogP contribution in [-0.2, 0) is 4.79 Å². The molecule has 5 nitrogen and oxygen atoms in total.